The maximum atomic E-state index is 9.45. The van der Waals surface area contributed by atoms with Crippen LogP contribution >= 0.6 is 0 Å². The van der Waals surface area contributed by atoms with Gasteiger partial charge < -0.3 is 20.1 Å². The predicted molar refractivity (Wildman–Crippen MR) is 97.4 cm³/mol. The van der Waals surface area contributed by atoms with E-state index >= 15 is 0 Å². The molecule has 0 atom stereocenters. The minimum atomic E-state index is -1.01. The van der Waals surface area contributed by atoms with Crippen LogP contribution in [0.2, 0.25) is 0 Å². The van der Waals surface area contributed by atoms with Gasteiger partial charge in [0.15, 0.2) is 0 Å². The van der Waals surface area contributed by atoms with Crippen LogP contribution in [0.25, 0.3) is 0 Å². The van der Waals surface area contributed by atoms with E-state index in [9.17, 15) is 15.3 Å². The highest BCUT2D eigenvalue weighted by Crippen LogP contribution is 2.28. The minimum Gasteiger partial charge on any atom is -0.493 e. The summed E-state index contributed by atoms with van der Waals surface area (Å²) in [6.07, 6.45) is 1.97. The highest BCUT2D eigenvalue weighted by atomic mass is 16.5. The van der Waals surface area contributed by atoms with Crippen LogP contribution in [0.3, 0.4) is 0 Å². The number of benzene rings is 1. The van der Waals surface area contributed by atoms with Gasteiger partial charge in [-0.25, -0.2) is 0 Å². The lowest BCUT2D eigenvalue weighted by Crippen LogP contribution is -2.39. The van der Waals surface area contributed by atoms with Crippen molar-refractivity contribution in [1.29, 1.82) is 0 Å². The van der Waals surface area contributed by atoms with Crippen molar-refractivity contribution >= 4 is 0 Å². The van der Waals surface area contributed by atoms with E-state index in [4.69, 9.17) is 4.74 Å². The van der Waals surface area contributed by atoms with Gasteiger partial charge in [-0.2, -0.15) is 0 Å². The lowest BCUT2D eigenvalue weighted by atomic mass is 9.90. The fourth-order valence-corrected chi connectivity index (χ4v) is 2.72. The number of hydrogen-bond acceptors (Lipinski definition) is 4. The highest BCUT2D eigenvalue weighted by molar-refractivity contribution is 5.42. The Balaban J connectivity index is 3.08. The Hall–Kier alpha value is -1.10. The summed E-state index contributed by atoms with van der Waals surface area (Å²) in [6.45, 7) is 10.1. The van der Waals surface area contributed by atoms with Crippen molar-refractivity contribution in [1.82, 2.24) is 0 Å². The topological polar surface area (TPSA) is 69.9 Å². The largest absolute Gasteiger partial charge is 0.493 e. The van der Waals surface area contributed by atoms with Crippen LogP contribution in [-0.2, 0) is 12.8 Å². The van der Waals surface area contributed by atoms with E-state index in [0.29, 0.717) is 11.8 Å². The molecule has 0 fully saturated rings. The van der Waals surface area contributed by atoms with Gasteiger partial charge in [-0.3, -0.25) is 0 Å². The molecule has 0 unspecified atom stereocenters. The molecule has 0 heterocycles. The van der Waals surface area contributed by atoms with Crippen LogP contribution < -0.4 is 4.74 Å². The Morgan fingerprint density at radius 2 is 1.29 bits per heavy atom. The monoisotopic (exact) mass is 338 g/mol. The van der Waals surface area contributed by atoms with Crippen molar-refractivity contribution in [3.63, 3.8) is 0 Å². The van der Waals surface area contributed by atoms with Crippen molar-refractivity contribution in [3.8, 4) is 5.75 Å². The van der Waals surface area contributed by atoms with Crippen LogP contribution in [0.15, 0.2) is 12.1 Å². The van der Waals surface area contributed by atoms with Gasteiger partial charge in [-0.05, 0) is 60.4 Å². The summed E-state index contributed by atoms with van der Waals surface area (Å²) >= 11 is 0. The molecule has 1 aromatic carbocycles. The van der Waals surface area contributed by atoms with E-state index in [1.807, 2.05) is 0 Å². The number of ether oxygens (including phenoxy) is 1. The van der Waals surface area contributed by atoms with Crippen molar-refractivity contribution in [2.45, 2.75) is 47.5 Å². The smallest absolute Gasteiger partial charge is 0.119 e. The molecule has 1 rings (SSSR count). The van der Waals surface area contributed by atoms with Crippen LogP contribution in [0.4, 0.5) is 0 Å². The zero-order chi connectivity index (χ0) is 18.3. The Morgan fingerprint density at radius 3 is 1.62 bits per heavy atom. The van der Waals surface area contributed by atoms with Gasteiger partial charge in [0.2, 0.25) is 0 Å². The molecule has 4 nitrogen and oxygen atoms in total. The molecule has 3 N–H and O–H groups in total. The molecule has 0 radical (unpaired) electrons. The summed E-state index contributed by atoms with van der Waals surface area (Å²) in [7, 11) is 0. The molecule has 1 aromatic rings. The Labute approximate surface area is 146 Å². The fourth-order valence-electron chi connectivity index (χ4n) is 2.72. The van der Waals surface area contributed by atoms with Crippen molar-refractivity contribution in [2.75, 3.05) is 26.4 Å². The lowest BCUT2D eigenvalue weighted by molar-refractivity contribution is -0.0259. The van der Waals surface area contributed by atoms with Crippen LogP contribution in [0.1, 0.15) is 44.4 Å². The van der Waals surface area contributed by atoms with Crippen LogP contribution in [0.5, 0.6) is 5.75 Å². The number of aliphatic hydroxyl groups is 3. The first-order chi connectivity index (χ1) is 11.3. The highest BCUT2D eigenvalue weighted by Gasteiger charge is 2.29. The summed E-state index contributed by atoms with van der Waals surface area (Å²) in [5, 5.41) is 28.3. The minimum absolute atomic E-state index is 0.0851. The SMILES string of the molecule is Cc1c(CC(C)C)cc(OCC(CO)(CO)CO)cc1CC(C)C. The molecule has 0 aromatic heterocycles. The second-order valence-electron chi connectivity index (χ2n) is 7.83. The fraction of sp³-hybridized carbons (Fsp3) is 0.700. The molecule has 0 aliphatic rings. The maximum absolute atomic E-state index is 9.45. The standard InChI is InChI=1S/C20H34O4/c1-14(2)6-17-8-19(9-18(16(17)5)7-15(3)4)24-13-20(10-21,11-22)12-23/h8-9,14-15,21-23H,6-7,10-13H2,1-5H3. The molecule has 4 heteroatoms. The Kier molecular flexibility index (Phi) is 8.20. The van der Waals surface area contributed by atoms with E-state index < -0.39 is 5.41 Å². The number of aliphatic hydroxyl groups excluding tert-OH is 3. The van der Waals surface area contributed by atoms with Gasteiger partial charge in [0.25, 0.3) is 0 Å². The van der Waals surface area contributed by atoms with Gasteiger partial charge in [0.05, 0.1) is 25.2 Å². The van der Waals surface area contributed by atoms with Crippen LogP contribution in [0, 0.1) is 24.2 Å². The van der Waals surface area contributed by atoms with Crippen molar-refractivity contribution < 1.29 is 20.1 Å². The first-order valence-corrected chi connectivity index (χ1v) is 8.84. The van der Waals surface area contributed by atoms with Gasteiger partial charge in [0.1, 0.15) is 12.4 Å². The van der Waals surface area contributed by atoms with Gasteiger partial charge in [0, 0.05) is 0 Å². The molecule has 138 valence electrons. The zero-order valence-electron chi connectivity index (χ0n) is 15.8. The normalized spacial score (nSPS) is 12.2. The molecular weight excluding hydrogens is 304 g/mol. The molecule has 24 heavy (non-hydrogen) atoms. The average molecular weight is 338 g/mol. The molecule has 0 spiro atoms. The summed E-state index contributed by atoms with van der Waals surface area (Å²) in [5.41, 5.74) is 2.87. The Bertz CT molecular complexity index is 465. The maximum Gasteiger partial charge on any atom is 0.119 e. The second kappa shape index (κ2) is 9.40. The quantitative estimate of drug-likeness (QED) is 0.613. The van der Waals surface area contributed by atoms with Crippen LogP contribution in [-0.4, -0.2) is 41.7 Å². The van der Waals surface area contributed by atoms with E-state index in [1.54, 1.807) is 0 Å². The molecule has 0 aliphatic heterocycles. The number of rotatable bonds is 10. The molecule has 0 bridgehead atoms. The summed E-state index contributed by atoms with van der Waals surface area (Å²) in [5.74, 6) is 1.85. The van der Waals surface area contributed by atoms with Crippen molar-refractivity contribution in [3.05, 3.63) is 28.8 Å². The van der Waals surface area contributed by atoms with Crippen molar-refractivity contribution in [2.24, 2.45) is 17.3 Å². The van der Waals surface area contributed by atoms with Gasteiger partial charge >= 0.3 is 0 Å². The van der Waals surface area contributed by atoms with E-state index in [1.165, 1.54) is 16.7 Å². The zero-order valence-corrected chi connectivity index (χ0v) is 15.8. The molecular formula is C20H34O4. The molecule has 0 saturated heterocycles. The third kappa shape index (κ3) is 5.76. The third-order valence-corrected chi connectivity index (χ3v) is 4.40. The van der Waals surface area contributed by atoms with E-state index in [2.05, 4.69) is 46.8 Å². The van der Waals surface area contributed by atoms with E-state index in [0.717, 1.165) is 18.6 Å². The summed E-state index contributed by atoms with van der Waals surface area (Å²) in [6, 6.07) is 4.10. The summed E-state index contributed by atoms with van der Waals surface area (Å²) < 4.78 is 5.86. The third-order valence-electron chi connectivity index (χ3n) is 4.40. The summed E-state index contributed by atoms with van der Waals surface area (Å²) in [4.78, 5) is 0. The lowest BCUT2D eigenvalue weighted by Gasteiger charge is -2.27. The number of hydrogen-bond donors (Lipinski definition) is 3. The predicted octanol–water partition coefficient (Wildman–Crippen LogP) is 2.73. The second-order valence-corrected chi connectivity index (χ2v) is 7.83. The first-order valence-electron chi connectivity index (χ1n) is 8.84. The van der Waals surface area contributed by atoms with Gasteiger partial charge in [-0.15, -0.1) is 0 Å². The van der Waals surface area contributed by atoms with E-state index in [-0.39, 0.29) is 26.4 Å². The molecule has 0 amide bonds. The van der Waals surface area contributed by atoms with Gasteiger partial charge in [-0.1, -0.05) is 27.7 Å². The molecule has 0 aliphatic carbocycles. The molecule has 0 saturated carbocycles. The first kappa shape index (κ1) is 20.9. The Morgan fingerprint density at radius 1 is 0.875 bits per heavy atom. The average Bonchev–Trinajstić information content (AvgIpc) is 2.52.